The number of hydrogen-bond acceptors (Lipinski definition) is 4. The van der Waals surface area contributed by atoms with Crippen LogP contribution in [0.1, 0.15) is 29.6 Å². The molecule has 1 N–H and O–H groups in total. The molecular formula is C13H16N2O2. The third-order valence-electron chi connectivity index (χ3n) is 3.87. The van der Waals surface area contributed by atoms with Crippen LogP contribution in [0, 0.1) is 5.92 Å². The van der Waals surface area contributed by atoms with E-state index in [0.717, 1.165) is 12.8 Å². The van der Waals surface area contributed by atoms with Gasteiger partial charge in [0.05, 0.1) is 13.3 Å². The van der Waals surface area contributed by atoms with Crippen LogP contribution in [0.3, 0.4) is 0 Å². The van der Waals surface area contributed by atoms with Gasteiger partial charge in [-0.2, -0.15) is 0 Å². The molecule has 0 radical (unpaired) electrons. The number of hydrogen-bond donors (Lipinski definition) is 1. The Labute approximate surface area is 100 Å². The highest BCUT2D eigenvalue weighted by Crippen LogP contribution is 2.35. The number of ether oxygens (including phenoxy) is 1. The molecule has 2 aliphatic heterocycles. The monoisotopic (exact) mass is 232 g/mol. The van der Waals surface area contributed by atoms with Gasteiger partial charge in [-0.05, 0) is 25.3 Å². The predicted molar refractivity (Wildman–Crippen MR) is 63.2 cm³/mol. The van der Waals surface area contributed by atoms with Crippen molar-refractivity contribution in [2.45, 2.75) is 31.3 Å². The summed E-state index contributed by atoms with van der Waals surface area (Å²) < 4.78 is 5.10. The number of nitrogens with one attached hydrogen (secondary N) is 1. The molecule has 3 heterocycles. The minimum absolute atomic E-state index is 0.127. The van der Waals surface area contributed by atoms with E-state index in [0.29, 0.717) is 23.4 Å². The number of methoxy groups -OCH3 is 1. The fourth-order valence-corrected chi connectivity index (χ4v) is 2.99. The van der Waals surface area contributed by atoms with Crippen LogP contribution in [-0.4, -0.2) is 30.0 Å². The van der Waals surface area contributed by atoms with Crippen molar-refractivity contribution >= 4 is 5.78 Å². The molecule has 2 aliphatic rings. The normalized spacial score (nSPS) is 30.5. The van der Waals surface area contributed by atoms with Gasteiger partial charge in [-0.1, -0.05) is 0 Å². The van der Waals surface area contributed by atoms with Crippen LogP contribution >= 0.6 is 0 Å². The van der Waals surface area contributed by atoms with Crippen LogP contribution in [0.5, 0.6) is 5.75 Å². The van der Waals surface area contributed by atoms with Crippen molar-refractivity contribution in [3.63, 3.8) is 0 Å². The SMILES string of the molecule is COc1cncc(C(=O)C2CC3CCC2N3)c1. The number of rotatable bonds is 3. The number of nitrogens with zero attached hydrogens (tertiary/aromatic N) is 1. The molecule has 3 atom stereocenters. The van der Waals surface area contributed by atoms with E-state index in [1.54, 1.807) is 25.6 Å². The second-order valence-corrected chi connectivity index (χ2v) is 4.87. The number of fused-ring (bicyclic) bond motifs is 2. The summed E-state index contributed by atoms with van der Waals surface area (Å²) in [5, 5.41) is 3.48. The lowest BCUT2D eigenvalue weighted by Gasteiger charge is -2.18. The van der Waals surface area contributed by atoms with Crippen LogP contribution < -0.4 is 10.1 Å². The number of carbonyl (C=O) groups excluding carboxylic acids is 1. The Bertz CT molecular complexity index is 447. The Morgan fingerprint density at radius 3 is 3.00 bits per heavy atom. The highest BCUT2D eigenvalue weighted by molar-refractivity contribution is 5.98. The molecule has 0 aliphatic carbocycles. The summed E-state index contributed by atoms with van der Waals surface area (Å²) in [7, 11) is 1.59. The zero-order chi connectivity index (χ0) is 11.8. The molecule has 3 unspecified atom stereocenters. The van der Waals surface area contributed by atoms with E-state index in [-0.39, 0.29) is 11.7 Å². The Balaban J connectivity index is 1.81. The Morgan fingerprint density at radius 2 is 2.35 bits per heavy atom. The van der Waals surface area contributed by atoms with Gasteiger partial charge in [-0.25, -0.2) is 0 Å². The van der Waals surface area contributed by atoms with Gasteiger partial charge in [-0.15, -0.1) is 0 Å². The van der Waals surface area contributed by atoms with Crippen molar-refractivity contribution < 1.29 is 9.53 Å². The summed E-state index contributed by atoms with van der Waals surface area (Å²) in [4.78, 5) is 16.4. The molecular weight excluding hydrogens is 216 g/mol. The van der Waals surface area contributed by atoms with E-state index in [4.69, 9.17) is 4.74 Å². The maximum atomic E-state index is 12.4. The van der Waals surface area contributed by atoms with Crippen molar-refractivity contribution in [1.29, 1.82) is 0 Å². The number of aromatic nitrogens is 1. The molecule has 4 nitrogen and oxygen atoms in total. The summed E-state index contributed by atoms with van der Waals surface area (Å²) in [5.74, 6) is 0.978. The lowest BCUT2D eigenvalue weighted by Crippen LogP contribution is -2.28. The van der Waals surface area contributed by atoms with Crippen LogP contribution in [0.15, 0.2) is 18.5 Å². The van der Waals surface area contributed by atoms with Gasteiger partial charge in [0.1, 0.15) is 5.75 Å². The van der Waals surface area contributed by atoms with E-state index >= 15 is 0 Å². The average molecular weight is 232 g/mol. The van der Waals surface area contributed by atoms with Crippen molar-refractivity contribution in [3.05, 3.63) is 24.0 Å². The van der Waals surface area contributed by atoms with Crippen LogP contribution in [0.4, 0.5) is 0 Å². The third-order valence-corrected chi connectivity index (χ3v) is 3.87. The summed E-state index contributed by atoms with van der Waals surface area (Å²) in [5.41, 5.74) is 0.670. The number of pyridine rings is 1. The molecule has 0 amide bonds. The maximum absolute atomic E-state index is 12.4. The topological polar surface area (TPSA) is 51.2 Å². The Kier molecular flexibility index (Phi) is 2.59. The smallest absolute Gasteiger partial charge is 0.169 e. The first-order chi connectivity index (χ1) is 8.28. The molecule has 0 spiro atoms. The number of ketones is 1. The highest BCUT2D eigenvalue weighted by atomic mass is 16.5. The third kappa shape index (κ3) is 1.82. The first kappa shape index (κ1) is 10.7. The standard InChI is InChI=1S/C13H16N2O2/c1-17-10-4-8(6-14-7-10)13(16)11-5-9-2-3-12(11)15-9/h4,6-7,9,11-12,15H,2-3,5H2,1H3. The van der Waals surface area contributed by atoms with Gasteiger partial charge in [0, 0.05) is 29.8 Å². The first-order valence-corrected chi connectivity index (χ1v) is 6.07. The van der Waals surface area contributed by atoms with Gasteiger partial charge >= 0.3 is 0 Å². The fraction of sp³-hybridized carbons (Fsp3) is 0.538. The minimum Gasteiger partial charge on any atom is -0.495 e. The molecule has 4 heteroatoms. The van der Waals surface area contributed by atoms with Crippen LogP contribution in [-0.2, 0) is 0 Å². The van der Waals surface area contributed by atoms with E-state index in [9.17, 15) is 4.79 Å². The van der Waals surface area contributed by atoms with Crippen molar-refractivity contribution in [2.24, 2.45) is 5.92 Å². The van der Waals surface area contributed by atoms with Gasteiger partial charge in [0.15, 0.2) is 5.78 Å². The Morgan fingerprint density at radius 1 is 1.47 bits per heavy atom. The van der Waals surface area contributed by atoms with E-state index in [1.165, 1.54) is 6.42 Å². The summed E-state index contributed by atoms with van der Waals surface area (Å²) in [6.07, 6.45) is 6.57. The molecule has 90 valence electrons. The first-order valence-electron chi connectivity index (χ1n) is 6.07. The van der Waals surface area contributed by atoms with Gasteiger partial charge < -0.3 is 10.1 Å². The zero-order valence-corrected chi connectivity index (χ0v) is 9.85. The lowest BCUT2D eigenvalue weighted by atomic mass is 9.84. The average Bonchev–Trinajstić information content (AvgIpc) is 3.00. The molecule has 1 aromatic heterocycles. The summed E-state index contributed by atoms with van der Waals surface area (Å²) in [6.45, 7) is 0. The number of Topliss-reactive ketones (excluding diaryl/α,β-unsaturated/α-hetero) is 1. The lowest BCUT2D eigenvalue weighted by molar-refractivity contribution is 0.0900. The van der Waals surface area contributed by atoms with E-state index in [1.807, 2.05) is 0 Å². The maximum Gasteiger partial charge on any atom is 0.169 e. The number of carbonyl (C=O) groups is 1. The second-order valence-electron chi connectivity index (χ2n) is 4.87. The quantitative estimate of drug-likeness (QED) is 0.801. The second kappa shape index (κ2) is 4.11. The predicted octanol–water partition coefficient (Wildman–Crippen LogP) is 1.41. The molecule has 17 heavy (non-hydrogen) atoms. The molecule has 2 bridgehead atoms. The zero-order valence-electron chi connectivity index (χ0n) is 9.85. The summed E-state index contributed by atoms with van der Waals surface area (Å²) >= 11 is 0. The molecule has 1 aromatic rings. The van der Waals surface area contributed by atoms with Crippen molar-refractivity contribution in [1.82, 2.24) is 10.3 Å². The largest absolute Gasteiger partial charge is 0.495 e. The summed E-state index contributed by atoms with van der Waals surface area (Å²) in [6, 6.07) is 2.70. The molecule has 2 fully saturated rings. The molecule has 2 saturated heterocycles. The molecule has 3 rings (SSSR count). The van der Waals surface area contributed by atoms with Crippen molar-refractivity contribution in [3.8, 4) is 5.75 Å². The fourth-order valence-electron chi connectivity index (χ4n) is 2.99. The van der Waals surface area contributed by atoms with Crippen LogP contribution in [0.25, 0.3) is 0 Å². The molecule has 0 saturated carbocycles. The van der Waals surface area contributed by atoms with E-state index in [2.05, 4.69) is 10.3 Å². The van der Waals surface area contributed by atoms with Crippen molar-refractivity contribution in [2.75, 3.05) is 7.11 Å². The Hall–Kier alpha value is -1.42. The highest BCUT2D eigenvalue weighted by Gasteiger charge is 2.42. The van der Waals surface area contributed by atoms with Crippen LogP contribution in [0.2, 0.25) is 0 Å². The van der Waals surface area contributed by atoms with E-state index < -0.39 is 0 Å². The minimum atomic E-state index is 0.127. The van der Waals surface area contributed by atoms with Gasteiger partial charge in [0.25, 0.3) is 0 Å². The molecule has 0 aromatic carbocycles. The van der Waals surface area contributed by atoms with Gasteiger partial charge in [-0.3, -0.25) is 9.78 Å². The van der Waals surface area contributed by atoms with Gasteiger partial charge in [0.2, 0.25) is 0 Å².